The molecule has 0 aliphatic rings. The molecular weight excluding hydrogens is 226 g/mol. The Labute approximate surface area is 95.8 Å². The summed E-state index contributed by atoms with van der Waals surface area (Å²) in [5.74, 6) is 1.01. The predicted molar refractivity (Wildman–Crippen MR) is 57.3 cm³/mol. The highest BCUT2D eigenvalue weighted by atomic mass is 16.6. The Morgan fingerprint density at radius 1 is 1.53 bits per heavy atom. The molecule has 2 aromatic heterocycles. The van der Waals surface area contributed by atoms with Gasteiger partial charge < -0.3 is 9.84 Å². The molecule has 8 heteroatoms. The van der Waals surface area contributed by atoms with E-state index in [9.17, 15) is 10.1 Å². The minimum Gasteiger partial charge on any atom is -0.363 e. The van der Waals surface area contributed by atoms with E-state index in [2.05, 4.69) is 25.0 Å². The molecule has 0 aliphatic carbocycles. The van der Waals surface area contributed by atoms with Crippen LogP contribution in [0.15, 0.2) is 23.0 Å². The summed E-state index contributed by atoms with van der Waals surface area (Å²) >= 11 is 0. The first kappa shape index (κ1) is 11.0. The Morgan fingerprint density at radius 2 is 2.35 bits per heavy atom. The van der Waals surface area contributed by atoms with Crippen LogP contribution >= 0.6 is 0 Å². The van der Waals surface area contributed by atoms with E-state index in [4.69, 9.17) is 0 Å². The fourth-order valence-electron chi connectivity index (χ4n) is 1.29. The van der Waals surface area contributed by atoms with E-state index in [1.807, 2.05) is 0 Å². The topological polar surface area (TPSA) is 107 Å². The zero-order chi connectivity index (χ0) is 12.3. The molecule has 0 aliphatic heterocycles. The lowest BCUT2D eigenvalue weighted by Gasteiger charge is -2.03. The number of nitro groups is 1. The van der Waals surface area contributed by atoms with Gasteiger partial charge in [-0.2, -0.15) is 4.98 Å². The molecule has 88 valence electrons. The van der Waals surface area contributed by atoms with Gasteiger partial charge in [0.05, 0.1) is 11.5 Å². The van der Waals surface area contributed by atoms with Crippen LogP contribution < -0.4 is 5.32 Å². The molecule has 8 nitrogen and oxygen atoms in total. The molecule has 0 aromatic carbocycles. The molecule has 1 N–H and O–H groups in total. The van der Waals surface area contributed by atoms with Crippen molar-refractivity contribution < 1.29 is 9.45 Å². The van der Waals surface area contributed by atoms with Crippen LogP contribution in [0.5, 0.6) is 0 Å². The first-order valence-electron chi connectivity index (χ1n) is 4.78. The van der Waals surface area contributed by atoms with Gasteiger partial charge in [0.2, 0.25) is 6.39 Å². The number of nitrogens with one attached hydrogen (secondary N) is 1. The summed E-state index contributed by atoms with van der Waals surface area (Å²) in [6.07, 6.45) is 1.23. The van der Waals surface area contributed by atoms with Crippen molar-refractivity contribution in [1.29, 1.82) is 0 Å². The number of aryl methyl sites for hydroxylation is 1. The highest BCUT2D eigenvalue weighted by Gasteiger charge is 2.11. The van der Waals surface area contributed by atoms with Gasteiger partial charge >= 0.3 is 0 Å². The number of hydrogen-bond acceptors (Lipinski definition) is 7. The van der Waals surface area contributed by atoms with E-state index < -0.39 is 4.92 Å². The van der Waals surface area contributed by atoms with Crippen LogP contribution in [0.25, 0.3) is 0 Å². The van der Waals surface area contributed by atoms with Crippen molar-refractivity contribution in [3.63, 3.8) is 0 Å². The number of aromatic nitrogens is 3. The molecular formula is C9H9N5O3. The van der Waals surface area contributed by atoms with Crippen molar-refractivity contribution >= 4 is 11.5 Å². The average Bonchev–Trinajstić information content (AvgIpc) is 2.78. The minimum absolute atomic E-state index is 0.00453. The van der Waals surface area contributed by atoms with Crippen molar-refractivity contribution in [3.05, 3.63) is 40.2 Å². The van der Waals surface area contributed by atoms with E-state index in [0.717, 1.165) is 0 Å². The SMILES string of the molecule is Cc1nc(NCc2ncon2)ccc1[N+](=O)[O-]. The second-order valence-corrected chi connectivity index (χ2v) is 3.26. The predicted octanol–water partition coefficient (Wildman–Crippen LogP) is 1.29. The summed E-state index contributed by atoms with van der Waals surface area (Å²) in [7, 11) is 0. The fraction of sp³-hybridized carbons (Fsp3) is 0.222. The van der Waals surface area contributed by atoms with Gasteiger partial charge in [0.1, 0.15) is 11.5 Å². The summed E-state index contributed by atoms with van der Waals surface area (Å²) in [6, 6.07) is 2.94. The number of hydrogen-bond donors (Lipinski definition) is 1. The standard InChI is InChI=1S/C9H9N5O3/c1-6-7(14(15)16)2-3-8(12-6)10-4-9-11-5-17-13-9/h2-3,5H,4H2,1H3,(H,10,12). The molecule has 0 saturated carbocycles. The molecule has 2 heterocycles. The molecule has 0 radical (unpaired) electrons. The van der Waals surface area contributed by atoms with Gasteiger partial charge in [-0.1, -0.05) is 5.16 Å². The third kappa shape index (κ3) is 2.54. The van der Waals surface area contributed by atoms with E-state index >= 15 is 0 Å². The van der Waals surface area contributed by atoms with Crippen LogP contribution in [0.1, 0.15) is 11.5 Å². The van der Waals surface area contributed by atoms with Gasteiger partial charge in [0, 0.05) is 6.07 Å². The number of anilines is 1. The van der Waals surface area contributed by atoms with Crippen LogP contribution in [-0.2, 0) is 6.54 Å². The van der Waals surface area contributed by atoms with E-state index in [1.54, 1.807) is 6.92 Å². The van der Waals surface area contributed by atoms with Crippen LogP contribution in [0.3, 0.4) is 0 Å². The first-order chi connectivity index (χ1) is 8.16. The zero-order valence-electron chi connectivity index (χ0n) is 8.95. The summed E-state index contributed by atoms with van der Waals surface area (Å²) in [6.45, 7) is 1.93. The molecule has 0 spiro atoms. The van der Waals surface area contributed by atoms with Crippen molar-refractivity contribution in [2.24, 2.45) is 0 Å². The van der Waals surface area contributed by atoms with Gasteiger partial charge in [-0.25, -0.2) is 4.98 Å². The van der Waals surface area contributed by atoms with Crippen LogP contribution in [0, 0.1) is 17.0 Å². The summed E-state index contributed by atoms with van der Waals surface area (Å²) < 4.78 is 4.57. The third-order valence-electron chi connectivity index (χ3n) is 2.09. The van der Waals surface area contributed by atoms with Crippen LogP contribution in [0.2, 0.25) is 0 Å². The van der Waals surface area contributed by atoms with Crippen molar-refractivity contribution in [2.75, 3.05) is 5.32 Å². The van der Waals surface area contributed by atoms with E-state index in [0.29, 0.717) is 23.9 Å². The second kappa shape index (κ2) is 4.56. The molecule has 0 saturated heterocycles. The molecule has 17 heavy (non-hydrogen) atoms. The van der Waals surface area contributed by atoms with Crippen molar-refractivity contribution in [3.8, 4) is 0 Å². The maximum atomic E-state index is 10.6. The van der Waals surface area contributed by atoms with E-state index in [1.165, 1.54) is 18.5 Å². The van der Waals surface area contributed by atoms with Crippen molar-refractivity contribution in [2.45, 2.75) is 13.5 Å². The average molecular weight is 235 g/mol. The molecule has 0 amide bonds. The Hall–Kier alpha value is -2.51. The lowest BCUT2D eigenvalue weighted by Crippen LogP contribution is -2.04. The maximum absolute atomic E-state index is 10.6. The fourth-order valence-corrected chi connectivity index (χ4v) is 1.29. The number of nitrogens with zero attached hydrogens (tertiary/aromatic N) is 4. The Bertz CT molecular complexity index is 525. The molecule has 0 bridgehead atoms. The largest absolute Gasteiger partial charge is 0.363 e. The number of rotatable bonds is 4. The summed E-state index contributed by atoms with van der Waals surface area (Å²) in [4.78, 5) is 18.0. The van der Waals surface area contributed by atoms with Gasteiger partial charge in [0.25, 0.3) is 5.69 Å². The molecule has 2 aromatic rings. The van der Waals surface area contributed by atoms with Gasteiger partial charge in [-0.15, -0.1) is 0 Å². The normalized spacial score (nSPS) is 10.2. The van der Waals surface area contributed by atoms with Gasteiger partial charge in [0.15, 0.2) is 5.82 Å². The number of pyridine rings is 1. The van der Waals surface area contributed by atoms with Gasteiger partial charge in [-0.05, 0) is 13.0 Å². The summed E-state index contributed by atoms with van der Waals surface area (Å²) in [5, 5.41) is 17.1. The smallest absolute Gasteiger partial charge is 0.290 e. The maximum Gasteiger partial charge on any atom is 0.290 e. The molecule has 0 unspecified atom stereocenters. The van der Waals surface area contributed by atoms with Crippen molar-refractivity contribution in [1.82, 2.24) is 15.1 Å². The minimum atomic E-state index is -0.467. The van der Waals surface area contributed by atoms with Crippen LogP contribution in [-0.4, -0.2) is 20.0 Å². The first-order valence-corrected chi connectivity index (χ1v) is 4.78. The molecule has 0 fully saturated rings. The third-order valence-corrected chi connectivity index (χ3v) is 2.09. The molecule has 2 rings (SSSR count). The lowest BCUT2D eigenvalue weighted by molar-refractivity contribution is -0.385. The van der Waals surface area contributed by atoms with Gasteiger partial charge in [-0.3, -0.25) is 10.1 Å². The van der Waals surface area contributed by atoms with Crippen LogP contribution in [0.4, 0.5) is 11.5 Å². The highest BCUT2D eigenvalue weighted by Crippen LogP contribution is 2.17. The quantitative estimate of drug-likeness (QED) is 0.628. The Kier molecular flexibility index (Phi) is 2.95. The van der Waals surface area contributed by atoms with E-state index in [-0.39, 0.29) is 5.69 Å². The monoisotopic (exact) mass is 235 g/mol. The summed E-state index contributed by atoms with van der Waals surface area (Å²) in [5.41, 5.74) is 0.350. The second-order valence-electron chi connectivity index (χ2n) is 3.26. The Morgan fingerprint density at radius 3 is 2.94 bits per heavy atom. The zero-order valence-corrected chi connectivity index (χ0v) is 8.95. The highest BCUT2D eigenvalue weighted by molar-refractivity contribution is 5.44. The Balaban J connectivity index is 2.07. The molecule has 0 atom stereocenters. The lowest BCUT2D eigenvalue weighted by atomic mass is 10.3.